The smallest absolute Gasteiger partial charge is 0.158 e. The van der Waals surface area contributed by atoms with Crippen LogP contribution in [0.2, 0.25) is 5.02 Å². The molecule has 2 aliphatic heterocycles. The Morgan fingerprint density at radius 3 is 2.59 bits per heavy atom. The molecule has 0 spiro atoms. The first-order valence-electron chi connectivity index (χ1n) is 12.7. The summed E-state index contributed by atoms with van der Waals surface area (Å²) >= 11 is 6.42. The predicted molar refractivity (Wildman–Crippen MR) is 140 cm³/mol. The summed E-state index contributed by atoms with van der Waals surface area (Å²) < 4.78 is 6.35. The van der Waals surface area contributed by atoms with Gasteiger partial charge < -0.3 is 9.64 Å². The molecule has 0 radical (unpaired) electrons. The third-order valence-corrected chi connectivity index (χ3v) is 8.11. The Kier molecular flexibility index (Phi) is 6.99. The fraction of sp³-hybridized carbons (Fsp3) is 0.483. The summed E-state index contributed by atoms with van der Waals surface area (Å²) in [5, 5.41) is 0.832. The Morgan fingerprint density at radius 2 is 1.85 bits per heavy atom. The number of hydrogen-bond acceptors (Lipinski definition) is 4. The lowest BCUT2D eigenvalue weighted by molar-refractivity contribution is 0.0884. The van der Waals surface area contributed by atoms with Crippen LogP contribution in [-0.4, -0.2) is 47.9 Å². The van der Waals surface area contributed by atoms with Gasteiger partial charge in [-0.2, -0.15) is 0 Å². The zero-order valence-corrected chi connectivity index (χ0v) is 21.2. The van der Waals surface area contributed by atoms with Crippen molar-refractivity contribution in [2.24, 2.45) is 4.99 Å². The number of fused-ring (bicyclic) bond motifs is 1. The summed E-state index contributed by atoms with van der Waals surface area (Å²) in [5.41, 5.74) is 4.00. The van der Waals surface area contributed by atoms with E-state index in [1.54, 1.807) is 0 Å². The molecule has 0 N–H and O–H groups in total. The highest BCUT2D eigenvalue weighted by molar-refractivity contribution is 6.30. The number of ether oxygens (including phenoxy) is 1. The van der Waals surface area contributed by atoms with E-state index in [1.807, 2.05) is 18.3 Å². The highest BCUT2D eigenvalue weighted by Crippen LogP contribution is 2.47. The van der Waals surface area contributed by atoms with Crippen molar-refractivity contribution in [1.82, 2.24) is 9.80 Å². The largest absolute Gasteiger partial charge is 0.485 e. The molecule has 4 nitrogen and oxygen atoms in total. The van der Waals surface area contributed by atoms with Gasteiger partial charge in [0.15, 0.2) is 5.76 Å². The minimum absolute atomic E-state index is 0.144. The molecule has 0 aromatic heterocycles. The Bertz CT molecular complexity index is 1040. The molecule has 2 aromatic carbocycles. The van der Waals surface area contributed by atoms with Crippen molar-refractivity contribution in [1.29, 1.82) is 0 Å². The molecule has 1 saturated heterocycles. The maximum absolute atomic E-state index is 6.42. The molecule has 5 rings (SSSR count). The second-order valence-corrected chi connectivity index (χ2v) is 10.7. The van der Waals surface area contributed by atoms with Crippen LogP contribution in [0, 0.1) is 0 Å². The van der Waals surface area contributed by atoms with Crippen molar-refractivity contribution >= 4 is 17.8 Å². The lowest BCUT2D eigenvalue weighted by atomic mass is 9.75. The fourth-order valence-corrected chi connectivity index (χ4v) is 6.07. The van der Waals surface area contributed by atoms with Gasteiger partial charge in [-0.05, 0) is 61.8 Å². The number of hydrogen-bond donors (Lipinski definition) is 0. The lowest BCUT2D eigenvalue weighted by Crippen LogP contribution is -2.53. The predicted octanol–water partition coefficient (Wildman–Crippen LogP) is 6.41. The Hall–Kier alpha value is -2.30. The number of nitrogens with zero attached hydrogens (tertiary/aromatic N) is 3. The van der Waals surface area contributed by atoms with E-state index in [0.717, 1.165) is 36.8 Å². The molecule has 34 heavy (non-hydrogen) atoms. The summed E-state index contributed by atoms with van der Waals surface area (Å²) in [7, 11) is 0. The van der Waals surface area contributed by atoms with Crippen LogP contribution in [0.1, 0.15) is 57.1 Å². The zero-order chi connectivity index (χ0) is 23.5. The number of benzene rings is 2. The molecule has 2 heterocycles. The molecule has 2 fully saturated rings. The maximum Gasteiger partial charge on any atom is 0.158 e. The highest BCUT2D eigenvalue weighted by Gasteiger charge is 2.42. The first-order valence-corrected chi connectivity index (χ1v) is 13.1. The molecule has 2 aromatic rings. The summed E-state index contributed by atoms with van der Waals surface area (Å²) in [6.07, 6.45) is 8.15. The average molecular weight is 478 g/mol. The molecule has 1 aliphatic carbocycles. The monoisotopic (exact) mass is 477 g/mol. The summed E-state index contributed by atoms with van der Waals surface area (Å²) in [6, 6.07) is 19.4. The molecule has 3 aliphatic rings. The number of aliphatic imine (C=N–C) groups is 1. The minimum Gasteiger partial charge on any atom is -0.485 e. The molecule has 1 saturated carbocycles. The van der Waals surface area contributed by atoms with Crippen LogP contribution >= 0.6 is 11.6 Å². The van der Waals surface area contributed by atoms with Gasteiger partial charge in [0.25, 0.3) is 0 Å². The van der Waals surface area contributed by atoms with Gasteiger partial charge >= 0.3 is 0 Å². The standard InChI is InChI=1S/C29H36ClN3O/c1-22(2)32-15-16-33-26(20-32)27(34-21-23-9-4-3-5-10-23)19-31-28(33)18-29(13-6-7-14-29)24-11-8-12-25(30)17-24/h3-5,8-12,17,19,22,28H,6-7,13-16,18,20-21H2,1-2H3. The van der Waals surface area contributed by atoms with Gasteiger partial charge in [-0.1, -0.05) is 66.9 Å². The number of halogens is 1. The normalized spacial score (nSPS) is 22.4. The molecule has 180 valence electrons. The van der Waals surface area contributed by atoms with Crippen LogP contribution in [-0.2, 0) is 16.8 Å². The van der Waals surface area contributed by atoms with E-state index in [9.17, 15) is 0 Å². The third kappa shape index (κ3) is 4.89. The molecule has 1 unspecified atom stereocenters. The van der Waals surface area contributed by atoms with Crippen LogP contribution in [0.5, 0.6) is 0 Å². The van der Waals surface area contributed by atoms with Gasteiger partial charge in [0.2, 0.25) is 0 Å². The Balaban J connectivity index is 1.40. The first kappa shape index (κ1) is 23.4. The van der Waals surface area contributed by atoms with Crippen molar-refractivity contribution in [3.05, 3.63) is 82.2 Å². The van der Waals surface area contributed by atoms with Gasteiger partial charge in [-0.15, -0.1) is 0 Å². The van der Waals surface area contributed by atoms with Gasteiger partial charge in [0, 0.05) is 30.7 Å². The molecular weight excluding hydrogens is 442 g/mol. The maximum atomic E-state index is 6.42. The molecular formula is C29H36ClN3O. The van der Waals surface area contributed by atoms with Crippen LogP contribution in [0.4, 0.5) is 0 Å². The molecule has 5 heteroatoms. The van der Waals surface area contributed by atoms with E-state index in [2.05, 4.69) is 66.1 Å². The van der Waals surface area contributed by atoms with Gasteiger partial charge in [-0.3, -0.25) is 9.89 Å². The van der Waals surface area contributed by atoms with Crippen molar-refractivity contribution in [2.75, 3.05) is 19.6 Å². The van der Waals surface area contributed by atoms with Gasteiger partial charge in [0.1, 0.15) is 12.8 Å². The minimum atomic E-state index is 0.144. The molecule has 0 amide bonds. The number of rotatable bonds is 7. The van der Waals surface area contributed by atoms with E-state index >= 15 is 0 Å². The van der Waals surface area contributed by atoms with E-state index < -0.39 is 0 Å². The third-order valence-electron chi connectivity index (χ3n) is 7.87. The van der Waals surface area contributed by atoms with E-state index in [0.29, 0.717) is 12.6 Å². The van der Waals surface area contributed by atoms with Gasteiger partial charge in [0.05, 0.1) is 11.9 Å². The lowest BCUT2D eigenvalue weighted by Gasteiger charge is -2.46. The molecule has 0 bridgehead atoms. The van der Waals surface area contributed by atoms with E-state index in [1.165, 1.54) is 42.5 Å². The Labute approximate surface area is 209 Å². The SMILES string of the molecule is CC(C)N1CCN2C(=C(OCc3ccccc3)C=NC2CC2(c3cccc(Cl)c3)CCCC2)C1. The van der Waals surface area contributed by atoms with Crippen molar-refractivity contribution in [2.45, 2.75) is 70.2 Å². The van der Waals surface area contributed by atoms with Gasteiger partial charge in [-0.25, -0.2) is 0 Å². The molecule has 1 atom stereocenters. The second-order valence-electron chi connectivity index (χ2n) is 10.3. The van der Waals surface area contributed by atoms with Crippen LogP contribution in [0.3, 0.4) is 0 Å². The average Bonchev–Trinajstić information content (AvgIpc) is 3.33. The summed E-state index contributed by atoms with van der Waals surface area (Å²) in [4.78, 5) is 10.2. The number of allylic oxidation sites excluding steroid dienone is 1. The summed E-state index contributed by atoms with van der Waals surface area (Å²) in [6.45, 7) is 8.08. The van der Waals surface area contributed by atoms with Crippen molar-refractivity contribution in [3.63, 3.8) is 0 Å². The highest BCUT2D eigenvalue weighted by atomic mass is 35.5. The van der Waals surface area contributed by atoms with E-state index in [-0.39, 0.29) is 11.6 Å². The van der Waals surface area contributed by atoms with Crippen molar-refractivity contribution < 1.29 is 4.74 Å². The van der Waals surface area contributed by atoms with Crippen LogP contribution < -0.4 is 0 Å². The van der Waals surface area contributed by atoms with E-state index in [4.69, 9.17) is 21.3 Å². The zero-order valence-electron chi connectivity index (χ0n) is 20.4. The number of piperazine rings is 1. The first-order chi connectivity index (χ1) is 16.5. The quantitative estimate of drug-likeness (QED) is 0.461. The summed E-state index contributed by atoms with van der Waals surface area (Å²) in [5.74, 6) is 0.925. The topological polar surface area (TPSA) is 28.1 Å². The Morgan fingerprint density at radius 1 is 1.06 bits per heavy atom. The fourth-order valence-electron chi connectivity index (χ4n) is 5.88. The van der Waals surface area contributed by atoms with Crippen LogP contribution in [0.15, 0.2) is 71.0 Å². The van der Waals surface area contributed by atoms with Crippen molar-refractivity contribution in [3.8, 4) is 0 Å². The second kappa shape index (κ2) is 10.1. The van der Waals surface area contributed by atoms with Crippen LogP contribution in [0.25, 0.3) is 0 Å².